The zero-order chi connectivity index (χ0) is 22.8. The Morgan fingerprint density at radius 1 is 0.848 bits per heavy atom. The van der Waals surface area contributed by atoms with Crippen LogP contribution in [0.3, 0.4) is 0 Å². The molecule has 0 bridgehead atoms. The number of rotatable bonds is 7. The van der Waals surface area contributed by atoms with Gasteiger partial charge in [-0.15, -0.1) is 0 Å². The molecule has 0 aliphatic carbocycles. The molecule has 0 amide bonds. The van der Waals surface area contributed by atoms with Crippen molar-refractivity contribution in [3.63, 3.8) is 0 Å². The lowest BCUT2D eigenvalue weighted by atomic mass is 10.0. The van der Waals surface area contributed by atoms with Crippen molar-refractivity contribution in [2.24, 2.45) is 0 Å². The van der Waals surface area contributed by atoms with Crippen LogP contribution in [0.5, 0.6) is 17.2 Å². The molecule has 0 aliphatic heterocycles. The van der Waals surface area contributed by atoms with Gasteiger partial charge in [0.2, 0.25) is 5.75 Å². The summed E-state index contributed by atoms with van der Waals surface area (Å²) < 4.78 is 18.4. The van der Waals surface area contributed by atoms with Crippen LogP contribution in [0.2, 0.25) is 0 Å². The second kappa shape index (κ2) is 8.70. The number of nitrogens with zero attached hydrogens (tertiary/aromatic N) is 3. The normalized spacial score (nSPS) is 11.0. The number of methoxy groups -OCH3 is 3. The summed E-state index contributed by atoms with van der Waals surface area (Å²) in [5.41, 5.74) is 5.96. The van der Waals surface area contributed by atoms with E-state index in [0.29, 0.717) is 17.2 Å². The second-order valence-electron chi connectivity index (χ2n) is 7.65. The van der Waals surface area contributed by atoms with Crippen LogP contribution in [0, 0.1) is 0 Å². The number of benzene rings is 2. The summed E-state index contributed by atoms with van der Waals surface area (Å²) in [6.45, 7) is 0.720. The van der Waals surface area contributed by atoms with Crippen LogP contribution in [0.25, 0.3) is 33.3 Å². The number of H-pyrrole nitrogens is 1. The van der Waals surface area contributed by atoms with Crippen molar-refractivity contribution in [1.82, 2.24) is 19.7 Å². The molecule has 0 fully saturated rings. The summed E-state index contributed by atoms with van der Waals surface area (Å²) in [6.07, 6.45) is 7.75. The van der Waals surface area contributed by atoms with Crippen molar-refractivity contribution in [3.8, 4) is 39.5 Å². The fraction of sp³-hybridized carbons (Fsp3) is 0.154. The Labute approximate surface area is 191 Å². The molecule has 0 spiro atoms. The molecule has 0 saturated heterocycles. The molecule has 0 atom stereocenters. The van der Waals surface area contributed by atoms with Gasteiger partial charge in [0.25, 0.3) is 0 Å². The Morgan fingerprint density at radius 2 is 1.61 bits per heavy atom. The summed E-state index contributed by atoms with van der Waals surface area (Å²) in [7, 11) is 4.82. The zero-order valence-corrected chi connectivity index (χ0v) is 18.7. The Morgan fingerprint density at radius 3 is 2.30 bits per heavy atom. The summed E-state index contributed by atoms with van der Waals surface area (Å²) in [4.78, 5) is 7.91. The number of aromatic amines is 1. The smallest absolute Gasteiger partial charge is 0.203 e. The molecule has 5 aromatic rings. The first-order chi connectivity index (χ1) is 16.2. The van der Waals surface area contributed by atoms with Crippen LogP contribution in [0.4, 0.5) is 0 Å². The molecule has 166 valence electrons. The third-order valence-corrected chi connectivity index (χ3v) is 5.66. The number of ether oxygens (including phenoxy) is 3. The van der Waals surface area contributed by atoms with Gasteiger partial charge in [-0.1, -0.05) is 30.3 Å². The van der Waals surface area contributed by atoms with Crippen molar-refractivity contribution in [3.05, 3.63) is 78.9 Å². The first-order valence-corrected chi connectivity index (χ1v) is 10.5. The highest BCUT2D eigenvalue weighted by molar-refractivity contribution is 5.95. The molecular formula is C26H24N4O3. The van der Waals surface area contributed by atoms with E-state index in [1.54, 1.807) is 21.3 Å². The molecule has 0 saturated carbocycles. The predicted octanol–water partition coefficient (Wildman–Crippen LogP) is 5.17. The van der Waals surface area contributed by atoms with Gasteiger partial charge in [0.05, 0.1) is 34.1 Å². The van der Waals surface area contributed by atoms with E-state index in [1.165, 1.54) is 5.56 Å². The highest BCUT2D eigenvalue weighted by atomic mass is 16.5. The van der Waals surface area contributed by atoms with Gasteiger partial charge in [-0.25, -0.2) is 4.98 Å². The molecule has 3 aromatic heterocycles. The maximum atomic E-state index is 5.52. The average Bonchev–Trinajstić information content (AvgIpc) is 3.50. The SMILES string of the molecule is COc1cc(-c2cnc3[nH]cc(-c4cnn(Cc5ccccc5)c4)c3c2)cc(OC)c1OC. The topological polar surface area (TPSA) is 74.2 Å². The number of hydrogen-bond donors (Lipinski definition) is 1. The van der Waals surface area contributed by atoms with E-state index < -0.39 is 0 Å². The van der Waals surface area contributed by atoms with Crippen molar-refractivity contribution >= 4 is 11.0 Å². The summed E-state index contributed by atoms with van der Waals surface area (Å²) in [6, 6.07) is 16.3. The molecule has 0 unspecified atom stereocenters. The number of aromatic nitrogens is 4. The van der Waals surface area contributed by atoms with Gasteiger partial charge in [-0.05, 0) is 29.3 Å². The standard InChI is InChI=1S/C26H24N4O3/c1-31-23-10-18(11-24(32-2)25(23)33-3)19-9-21-22(14-28-26(21)27-12-19)20-13-29-30(16-20)15-17-7-5-4-6-8-17/h4-14,16H,15H2,1-3H3,(H,27,28). The molecule has 0 radical (unpaired) electrons. The van der Waals surface area contributed by atoms with Gasteiger partial charge >= 0.3 is 0 Å². The molecule has 2 aromatic carbocycles. The minimum atomic E-state index is 0.561. The van der Waals surface area contributed by atoms with E-state index >= 15 is 0 Å². The molecule has 33 heavy (non-hydrogen) atoms. The predicted molar refractivity (Wildman–Crippen MR) is 128 cm³/mol. The van der Waals surface area contributed by atoms with E-state index in [0.717, 1.165) is 39.8 Å². The minimum absolute atomic E-state index is 0.561. The lowest BCUT2D eigenvalue weighted by Crippen LogP contribution is -1.99. The van der Waals surface area contributed by atoms with E-state index in [4.69, 9.17) is 14.2 Å². The third kappa shape index (κ3) is 3.89. The summed E-state index contributed by atoms with van der Waals surface area (Å²) in [5, 5.41) is 5.57. The molecule has 0 aliphatic rings. The van der Waals surface area contributed by atoms with E-state index in [2.05, 4.69) is 39.5 Å². The molecular weight excluding hydrogens is 416 g/mol. The van der Waals surface area contributed by atoms with E-state index in [1.807, 2.05) is 53.6 Å². The number of fused-ring (bicyclic) bond motifs is 1. The van der Waals surface area contributed by atoms with Gasteiger partial charge in [0.15, 0.2) is 11.5 Å². The van der Waals surface area contributed by atoms with Crippen molar-refractivity contribution < 1.29 is 14.2 Å². The molecule has 1 N–H and O–H groups in total. The van der Waals surface area contributed by atoms with Gasteiger partial charge in [0, 0.05) is 40.7 Å². The highest BCUT2D eigenvalue weighted by Crippen LogP contribution is 2.41. The molecule has 5 rings (SSSR count). The molecule has 7 heteroatoms. The molecule has 3 heterocycles. The lowest BCUT2D eigenvalue weighted by Gasteiger charge is -2.14. The first kappa shape index (κ1) is 20.6. The van der Waals surface area contributed by atoms with Crippen LogP contribution >= 0.6 is 0 Å². The Hall–Kier alpha value is -4.26. The highest BCUT2D eigenvalue weighted by Gasteiger charge is 2.16. The van der Waals surface area contributed by atoms with Crippen LogP contribution in [-0.4, -0.2) is 41.1 Å². The van der Waals surface area contributed by atoms with Crippen molar-refractivity contribution in [2.45, 2.75) is 6.54 Å². The quantitative estimate of drug-likeness (QED) is 0.378. The lowest BCUT2D eigenvalue weighted by molar-refractivity contribution is 0.324. The number of pyridine rings is 1. The maximum Gasteiger partial charge on any atom is 0.203 e. The van der Waals surface area contributed by atoms with Crippen LogP contribution in [-0.2, 0) is 6.54 Å². The average molecular weight is 441 g/mol. The fourth-order valence-electron chi connectivity index (χ4n) is 4.01. The van der Waals surface area contributed by atoms with Crippen molar-refractivity contribution in [2.75, 3.05) is 21.3 Å². The van der Waals surface area contributed by atoms with Gasteiger partial charge in [0.1, 0.15) is 5.65 Å². The van der Waals surface area contributed by atoms with Gasteiger partial charge < -0.3 is 19.2 Å². The summed E-state index contributed by atoms with van der Waals surface area (Å²) >= 11 is 0. The van der Waals surface area contributed by atoms with Crippen LogP contribution in [0.1, 0.15) is 5.56 Å². The van der Waals surface area contributed by atoms with Crippen LogP contribution in [0.15, 0.2) is 73.3 Å². The Balaban J connectivity index is 1.53. The van der Waals surface area contributed by atoms with Crippen LogP contribution < -0.4 is 14.2 Å². The van der Waals surface area contributed by atoms with Gasteiger partial charge in [-0.3, -0.25) is 4.68 Å². The van der Waals surface area contributed by atoms with E-state index in [9.17, 15) is 0 Å². The molecule has 7 nitrogen and oxygen atoms in total. The Bertz CT molecular complexity index is 1380. The fourth-order valence-corrected chi connectivity index (χ4v) is 4.01. The first-order valence-electron chi connectivity index (χ1n) is 10.5. The largest absolute Gasteiger partial charge is 0.493 e. The second-order valence-corrected chi connectivity index (χ2v) is 7.65. The zero-order valence-electron chi connectivity index (χ0n) is 18.7. The van der Waals surface area contributed by atoms with Gasteiger partial charge in [-0.2, -0.15) is 5.10 Å². The minimum Gasteiger partial charge on any atom is -0.493 e. The third-order valence-electron chi connectivity index (χ3n) is 5.66. The van der Waals surface area contributed by atoms with Crippen molar-refractivity contribution in [1.29, 1.82) is 0 Å². The monoisotopic (exact) mass is 440 g/mol. The van der Waals surface area contributed by atoms with E-state index in [-0.39, 0.29) is 0 Å². The number of hydrogen-bond acceptors (Lipinski definition) is 5. The Kier molecular flexibility index (Phi) is 5.44. The number of nitrogens with one attached hydrogen (secondary N) is 1. The maximum absolute atomic E-state index is 5.52. The summed E-state index contributed by atoms with van der Waals surface area (Å²) in [5.74, 6) is 1.76.